The van der Waals surface area contributed by atoms with Gasteiger partial charge in [0.15, 0.2) is 0 Å². The van der Waals surface area contributed by atoms with Crippen LogP contribution in [0.1, 0.15) is 12.8 Å². The Labute approximate surface area is 169 Å². The number of aromatic nitrogens is 1. The Balaban J connectivity index is 1.81. The molecule has 3 rings (SSSR count). The fourth-order valence-electron chi connectivity index (χ4n) is 3.26. The summed E-state index contributed by atoms with van der Waals surface area (Å²) in [7, 11) is 1.83. The molecule has 1 aromatic rings. The minimum atomic E-state index is -0.523. The average Bonchev–Trinajstić information content (AvgIpc) is 2.70. The standard InChI is InChI=1S/C19H27N9O/c1-23-8-12-9-25-18(26-10-12)16(17(21)22)19(29)27-14-11-24-5-2-15(14)28-6-3-13(20)4-7-28/h2,5,9-11,13,23,25H,3-4,6-8,20H2,1H3,(H3,21,22)(H,27,29)/b18-16-. The van der Waals surface area contributed by atoms with Gasteiger partial charge in [-0.1, -0.05) is 0 Å². The molecule has 3 heterocycles. The Bertz CT molecular complexity index is 866. The van der Waals surface area contributed by atoms with Crippen LogP contribution < -0.4 is 32.3 Å². The summed E-state index contributed by atoms with van der Waals surface area (Å²) in [5, 5.41) is 16.7. The highest BCUT2D eigenvalue weighted by molar-refractivity contribution is 6.24. The van der Waals surface area contributed by atoms with Crippen LogP contribution in [0.4, 0.5) is 11.4 Å². The molecule has 1 saturated heterocycles. The number of pyridine rings is 1. The maximum absolute atomic E-state index is 12.9. The molecule has 2 aliphatic heterocycles. The lowest BCUT2D eigenvalue weighted by atomic mass is 10.1. The van der Waals surface area contributed by atoms with E-state index in [1.807, 2.05) is 13.1 Å². The van der Waals surface area contributed by atoms with Crippen LogP contribution in [-0.4, -0.2) is 55.7 Å². The Morgan fingerprint density at radius 2 is 2.17 bits per heavy atom. The summed E-state index contributed by atoms with van der Waals surface area (Å²) < 4.78 is 0. The highest BCUT2D eigenvalue weighted by atomic mass is 16.1. The predicted molar refractivity (Wildman–Crippen MR) is 115 cm³/mol. The molecule has 1 aromatic heterocycles. The third-order valence-corrected chi connectivity index (χ3v) is 4.79. The number of piperidine rings is 1. The van der Waals surface area contributed by atoms with Crippen LogP contribution in [0.3, 0.4) is 0 Å². The molecule has 0 bridgehead atoms. The highest BCUT2D eigenvalue weighted by Gasteiger charge is 2.23. The van der Waals surface area contributed by atoms with Gasteiger partial charge in [-0.25, -0.2) is 4.99 Å². The van der Waals surface area contributed by atoms with Crippen LogP contribution in [0.25, 0.3) is 0 Å². The first-order valence-electron chi connectivity index (χ1n) is 9.48. The molecule has 0 unspecified atom stereocenters. The third-order valence-electron chi connectivity index (χ3n) is 4.79. The van der Waals surface area contributed by atoms with Gasteiger partial charge in [0.05, 0.1) is 17.6 Å². The maximum Gasteiger partial charge on any atom is 0.263 e. The van der Waals surface area contributed by atoms with Crippen molar-refractivity contribution in [1.82, 2.24) is 15.6 Å². The number of hydrogen-bond donors (Lipinski definition) is 6. The summed E-state index contributed by atoms with van der Waals surface area (Å²) in [6.07, 6.45) is 8.40. The fourth-order valence-corrected chi connectivity index (χ4v) is 3.26. The molecule has 2 aliphatic rings. The number of amidine groups is 1. The normalized spacial score (nSPS) is 18.7. The number of amides is 1. The van der Waals surface area contributed by atoms with Crippen LogP contribution >= 0.6 is 0 Å². The van der Waals surface area contributed by atoms with Crippen LogP contribution in [-0.2, 0) is 4.79 Å². The molecule has 10 heteroatoms. The number of nitrogens with one attached hydrogen (secondary N) is 4. The number of carbonyl (C=O) groups excluding carboxylic acids is 1. The molecule has 154 valence electrons. The molecule has 0 spiro atoms. The summed E-state index contributed by atoms with van der Waals surface area (Å²) in [5.74, 6) is -0.670. The predicted octanol–water partition coefficient (Wildman–Crippen LogP) is -0.128. The Hall–Kier alpha value is -3.24. The number of nitrogens with two attached hydrogens (primary N) is 2. The average molecular weight is 397 g/mol. The molecular formula is C19H27N9O. The monoisotopic (exact) mass is 397 g/mol. The molecule has 0 aromatic carbocycles. The molecule has 1 fully saturated rings. The van der Waals surface area contributed by atoms with Gasteiger partial charge in [-0.2, -0.15) is 0 Å². The number of hydrogen-bond acceptors (Lipinski definition) is 8. The molecule has 1 amide bonds. The van der Waals surface area contributed by atoms with Gasteiger partial charge >= 0.3 is 0 Å². The van der Waals surface area contributed by atoms with Crippen LogP contribution in [0.5, 0.6) is 0 Å². The molecule has 29 heavy (non-hydrogen) atoms. The van der Waals surface area contributed by atoms with Crippen LogP contribution in [0.15, 0.2) is 46.6 Å². The lowest BCUT2D eigenvalue weighted by molar-refractivity contribution is -0.112. The van der Waals surface area contributed by atoms with Gasteiger partial charge in [-0.05, 0) is 26.0 Å². The second-order valence-corrected chi connectivity index (χ2v) is 6.96. The van der Waals surface area contributed by atoms with E-state index in [0.717, 1.165) is 37.2 Å². The Morgan fingerprint density at radius 3 is 2.79 bits per heavy atom. The van der Waals surface area contributed by atoms with Crippen molar-refractivity contribution in [2.24, 2.45) is 16.5 Å². The Kier molecular flexibility index (Phi) is 6.57. The number of anilines is 2. The largest absolute Gasteiger partial charge is 0.383 e. The molecular weight excluding hydrogens is 370 g/mol. The number of carbonyl (C=O) groups is 1. The minimum absolute atomic E-state index is 0.0310. The molecule has 0 aliphatic carbocycles. The quantitative estimate of drug-likeness (QED) is 0.222. The van der Waals surface area contributed by atoms with Gasteiger partial charge in [0.25, 0.3) is 5.91 Å². The van der Waals surface area contributed by atoms with Gasteiger partial charge in [0.2, 0.25) is 0 Å². The Morgan fingerprint density at radius 1 is 1.41 bits per heavy atom. The zero-order valence-corrected chi connectivity index (χ0v) is 16.4. The van der Waals surface area contributed by atoms with E-state index >= 15 is 0 Å². The van der Waals surface area contributed by atoms with Crippen LogP contribution in [0.2, 0.25) is 0 Å². The van der Waals surface area contributed by atoms with Crippen LogP contribution in [0, 0.1) is 5.41 Å². The van der Waals surface area contributed by atoms with Gasteiger partial charge in [-0.3, -0.25) is 15.2 Å². The minimum Gasteiger partial charge on any atom is -0.383 e. The number of likely N-dealkylation sites (N-methyl/N-ethyl adjacent to an activating group) is 1. The van der Waals surface area contributed by atoms with Crippen molar-refractivity contribution in [2.45, 2.75) is 18.9 Å². The van der Waals surface area contributed by atoms with Crippen molar-refractivity contribution < 1.29 is 4.79 Å². The van der Waals surface area contributed by atoms with E-state index in [2.05, 4.69) is 30.8 Å². The van der Waals surface area contributed by atoms with Crippen molar-refractivity contribution >= 4 is 29.3 Å². The van der Waals surface area contributed by atoms with Gasteiger partial charge in [0.1, 0.15) is 17.2 Å². The summed E-state index contributed by atoms with van der Waals surface area (Å²) >= 11 is 0. The number of rotatable bonds is 6. The topological polar surface area (TPSA) is 158 Å². The van der Waals surface area contributed by atoms with E-state index in [0.29, 0.717) is 12.2 Å². The molecule has 10 nitrogen and oxygen atoms in total. The third kappa shape index (κ3) is 4.98. The van der Waals surface area contributed by atoms with Crippen molar-refractivity contribution in [3.63, 3.8) is 0 Å². The van der Waals surface area contributed by atoms with E-state index in [4.69, 9.17) is 16.9 Å². The number of aliphatic imine (C=N–C) groups is 1. The van der Waals surface area contributed by atoms with E-state index < -0.39 is 5.91 Å². The van der Waals surface area contributed by atoms with E-state index in [1.54, 1.807) is 24.8 Å². The van der Waals surface area contributed by atoms with Crippen molar-refractivity contribution in [2.75, 3.05) is 36.9 Å². The summed E-state index contributed by atoms with van der Waals surface area (Å²) in [6, 6.07) is 2.06. The van der Waals surface area contributed by atoms with Gasteiger partial charge in [0, 0.05) is 49.9 Å². The van der Waals surface area contributed by atoms with Gasteiger partial charge < -0.3 is 32.3 Å². The first kappa shape index (κ1) is 20.5. The van der Waals surface area contributed by atoms with Crippen molar-refractivity contribution in [3.05, 3.63) is 41.6 Å². The molecule has 8 N–H and O–H groups in total. The maximum atomic E-state index is 12.9. The zero-order valence-electron chi connectivity index (χ0n) is 16.4. The molecule has 0 radical (unpaired) electrons. The lowest BCUT2D eigenvalue weighted by Crippen LogP contribution is -2.40. The first-order chi connectivity index (χ1) is 14.0. The van der Waals surface area contributed by atoms with Gasteiger partial charge in [-0.15, -0.1) is 0 Å². The smallest absolute Gasteiger partial charge is 0.263 e. The molecule has 0 saturated carbocycles. The van der Waals surface area contributed by atoms with E-state index in [1.165, 1.54) is 0 Å². The lowest BCUT2D eigenvalue weighted by Gasteiger charge is -2.33. The summed E-state index contributed by atoms with van der Waals surface area (Å²) in [6.45, 7) is 2.24. The summed E-state index contributed by atoms with van der Waals surface area (Å²) in [4.78, 5) is 23.5. The zero-order chi connectivity index (χ0) is 20.8. The second-order valence-electron chi connectivity index (χ2n) is 6.96. The first-order valence-corrected chi connectivity index (χ1v) is 9.48. The highest BCUT2D eigenvalue weighted by Crippen LogP contribution is 2.27. The van der Waals surface area contributed by atoms with E-state index in [9.17, 15) is 4.79 Å². The molecule has 0 atom stereocenters. The van der Waals surface area contributed by atoms with Crippen molar-refractivity contribution in [1.29, 1.82) is 5.41 Å². The summed E-state index contributed by atoms with van der Waals surface area (Å²) in [5.41, 5.74) is 14.0. The van der Waals surface area contributed by atoms with Crippen molar-refractivity contribution in [3.8, 4) is 0 Å². The SMILES string of the molecule is CNCC1=CN/C(=C(\C(=N)N)C(=O)Nc2cnccc2N2CCC(N)CC2)N=C1. The van der Waals surface area contributed by atoms with E-state index in [-0.39, 0.29) is 23.3 Å². The fraction of sp³-hybridized carbons (Fsp3) is 0.368. The number of nitrogens with zero attached hydrogens (tertiary/aromatic N) is 3. The second kappa shape index (κ2) is 9.30.